The fourth-order valence-electron chi connectivity index (χ4n) is 4.70. The number of hydrogen-bond donors (Lipinski definition) is 1. The number of aromatic hydroxyl groups is 1. The summed E-state index contributed by atoms with van der Waals surface area (Å²) in [6.07, 6.45) is 12.0. The molecule has 158 valence electrons. The fourth-order valence-corrected chi connectivity index (χ4v) is 4.70. The van der Waals surface area contributed by atoms with Crippen LogP contribution in [0.2, 0.25) is 0 Å². The summed E-state index contributed by atoms with van der Waals surface area (Å²) < 4.78 is 23.1. The van der Waals surface area contributed by atoms with E-state index in [9.17, 15) is 9.90 Å². The van der Waals surface area contributed by atoms with Crippen molar-refractivity contribution in [3.05, 3.63) is 35.4 Å². The van der Waals surface area contributed by atoms with Crippen LogP contribution in [0.3, 0.4) is 0 Å². The highest BCUT2D eigenvalue weighted by molar-refractivity contribution is 5.97. The van der Waals surface area contributed by atoms with Gasteiger partial charge in [0.05, 0.1) is 19.3 Å². The number of fused-ring (bicyclic) bond motifs is 1. The van der Waals surface area contributed by atoms with Gasteiger partial charge in [0, 0.05) is 24.5 Å². The molecule has 2 saturated heterocycles. The number of carbonyl (C=O) groups is 1. The van der Waals surface area contributed by atoms with Crippen molar-refractivity contribution in [2.75, 3.05) is 7.11 Å². The molecule has 1 N–H and O–H groups in total. The van der Waals surface area contributed by atoms with Crippen LogP contribution in [-0.2, 0) is 14.2 Å². The molecule has 1 aromatic rings. The standard InChI is InChI=1S/C23H30O6/c1-15-10-12-23(28-15)11-6-8-17(29-23)7-4-3-5-9-19-18-13-16(24)14-20(26-2)21(18)22(25)27-19/h3-4,13-15,17,19,24H,5-12H2,1-2H3/b4-3+. The van der Waals surface area contributed by atoms with E-state index < -0.39 is 5.97 Å². The number of methoxy groups -OCH3 is 1. The molecule has 3 aliphatic heterocycles. The van der Waals surface area contributed by atoms with Gasteiger partial charge < -0.3 is 24.1 Å². The van der Waals surface area contributed by atoms with E-state index in [4.69, 9.17) is 18.9 Å². The Morgan fingerprint density at radius 1 is 1.24 bits per heavy atom. The van der Waals surface area contributed by atoms with E-state index in [1.54, 1.807) is 6.07 Å². The minimum Gasteiger partial charge on any atom is -0.508 e. The van der Waals surface area contributed by atoms with Gasteiger partial charge >= 0.3 is 5.97 Å². The molecular weight excluding hydrogens is 372 g/mol. The Morgan fingerprint density at radius 3 is 2.86 bits per heavy atom. The summed E-state index contributed by atoms with van der Waals surface area (Å²) in [5, 5.41) is 9.89. The summed E-state index contributed by atoms with van der Waals surface area (Å²) in [4.78, 5) is 12.2. The van der Waals surface area contributed by atoms with Gasteiger partial charge in [0.15, 0.2) is 5.79 Å². The molecule has 0 saturated carbocycles. The molecule has 1 aromatic carbocycles. The van der Waals surface area contributed by atoms with Crippen LogP contribution in [0.25, 0.3) is 0 Å². The third-order valence-electron chi connectivity index (χ3n) is 6.11. The molecule has 0 bridgehead atoms. The number of phenols is 1. The second-order valence-electron chi connectivity index (χ2n) is 8.30. The number of esters is 1. The van der Waals surface area contributed by atoms with Gasteiger partial charge in [-0.3, -0.25) is 0 Å². The van der Waals surface area contributed by atoms with Crippen LogP contribution in [0.4, 0.5) is 0 Å². The van der Waals surface area contributed by atoms with Crippen molar-refractivity contribution in [2.45, 2.75) is 82.4 Å². The molecule has 4 atom stereocenters. The lowest BCUT2D eigenvalue weighted by Gasteiger charge is -2.38. The average Bonchev–Trinajstić information content (AvgIpc) is 3.20. The number of phenolic OH excluding ortho intramolecular Hbond substituents is 1. The van der Waals surface area contributed by atoms with Gasteiger partial charge in [0.2, 0.25) is 0 Å². The lowest BCUT2D eigenvalue weighted by atomic mass is 9.97. The number of hydrogen-bond acceptors (Lipinski definition) is 6. The molecule has 0 aliphatic carbocycles. The number of benzene rings is 1. The molecule has 0 amide bonds. The van der Waals surface area contributed by atoms with Crippen molar-refractivity contribution in [1.82, 2.24) is 0 Å². The van der Waals surface area contributed by atoms with E-state index in [1.165, 1.54) is 13.2 Å². The Kier molecular flexibility index (Phi) is 5.83. The lowest BCUT2D eigenvalue weighted by Crippen LogP contribution is -2.40. The van der Waals surface area contributed by atoms with Crippen LogP contribution in [0, 0.1) is 0 Å². The monoisotopic (exact) mass is 402 g/mol. The second-order valence-corrected chi connectivity index (χ2v) is 8.30. The number of rotatable bonds is 6. The molecular formula is C23H30O6. The van der Waals surface area contributed by atoms with E-state index in [-0.39, 0.29) is 23.7 Å². The van der Waals surface area contributed by atoms with E-state index in [2.05, 4.69) is 19.1 Å². The molecule has 3 aliphatic rings. The second kappa shape index (κ2) is 8.36. The van der Waals surface area contributed by atoms with E-state index in [1.807, 2.05) is 0 Å². The Morgan fingerprint density at radius 2 is 2.10 bits per heavy atom. The molecule has 1 spiro atoms. The van der Waals surface area contributed by atoms with E-state index >= 15 is 0 Å². The molecule has 6 nitrogen and oxygen atoms in total. The lowest BCUT2D eigenvalue weighted by molar-refractivity contribution is -0.267. The Balaban J connectivity index is 1.29. The molecule has 0 radical (unpaired) electrons. The summed E-state index contributed by atoms with van der Waals surface area (Å²) in [7, 11) is 1.48. The molecule has 29 heavy (non-hydrogen) atoms. The van der Waals surface area contributed by atoms with Crippen molar-refractivity contribution < 1.29 is 28.8 Å². The number of cyclic esters (lactones) is 1. The SMILES string of the molecule is COc1cc(O)cc2c1C(=O)OC2CC/C=C/CC1CCCC2(CCC(C)O2)O1. The highest BCUT2D eigenvalue weighted by Crippen LogP contribution is 2.42. The van der Waals surface area contributed by atoms with Gasteiger partial charge in [-0.1, -0.05) is 12.2 Å². The van der Waals surface area contributed by atoms with E-state index in [0.29, 0.717) is 29.4 Å². The van der Waals surface area contributed by atoms with Crippen LogP contribution < -0.4 is 4.74 Å². The molecule has 0 aromatic heterocycles. The number of ether oxygens (including phenoxy) is 4. The highest BCUT2D eigenvalue weighted by Gasteiger charge is 2.43. The molecule has 4 unspecified atom stereocenters. The van der Waals surface area contributed by atoms with Crippen LogP contribution >= 0.6 is 0 Å². The van der Waals surface area contributed by atoms with Crippen molar-refractivity contribution in [3.8, 4) is 11.5 Å². The Labute approximate surface area is 171 Å². The summed E-state index contributed by atoms with van der Waals surface area (Å²) in [5.74, 6) is -0.308. The molecule has 3 heterocycles. The van der Waals surface area contributed by atoms with Gasteiger partial charge in [-0.05, 0) is 51.5 Å². The quantitative estimate of drug-likeness (QED) is 0.544. The van der Waals surface area contributed by atoms with Crippen LogP contribution in [-0.4, -0.2) is 36.2 Å². The molecule has 6 heteroatoms. The Bertz CT molecular complexity index is 784. The first-order valence-electron chi connectivity index (χ1n) is 10.6. The normalized spacial score (nSPS) is 31.4. The van der Waals surface area contributed by atoms with Gasteiger partial charge in [-0.2, -0.15) is 0 Å². The first-order valence-corrected chi connectivity index (χ1v) is 10.6. The fraction of sp³-hybridized carbons (Fsp3) is 0.609. The van der Waals surface area contributed by atoms with E-state index in [0.717, 1.165) is 44.9 Å². The Hall–Kier alpha value is -2.05. The maximum Gasteiger partial charge on any atom is 0.342 e. The zero-order valence-corrected chi connectivity index (χ0v) is 17.2. The smallest absolute Gasteiger partial charge is 0.342 e. The van der Waals surface area contributed by atoms with Crippen molar-refractivity contribution in [3.63, 3.8) is 0 Å². The molecule has 4 rings (SSSR count). The summed E-state index contributed by atoms with van der Waals surface area (Å²) in [6.45, 7) is 2.12. The highest BCUT2D eigenvalue weighted by atomic mass is 16.7. The predicted octanol–water partition coefficient (Wildman–Crippen LogP) is 4.80. The van der Waals surface area contributed by atoms with Crippen LogP contribution in [0.5, 0.6) is 11.5 Å². The zero-order chi connectivity index (χ0) is 20.4. The first-order chi connectivity index (χ1) is 14.0. The van der Waals surface area contributed by atoms with Crippen molar-refractivity contribution in [1.29, 1.82) is 0 Å². The predicted molar refractivity (Wildman–Crippen MR) is 107 cm³/mol. The minimum absolute atomic E-state index is 0.0752. The molecule has 2 fully saturated rings. The van der Waals surface area contributed by atoms with Gasteiger partial charge in [0.25, 0.3) is 0 Å². The largest absolute Gasteiger partial charge is 0.508 e. The maximum absolute atomic E-state index is 12.2. The van der Waals surface area contributed by atoms with Crippen LogP contribution in [0.1, 0.15) is 80.3 Å². The topological polar surface area (TPSA) is 74.2 Å². The maximum atomic E-state index is 12.2. The summed E-state index contributed by atoms with van der Waals surface area (Å²) in [5.41, 5.74) is 1.12. The van der Waals surface area contributed by atoms with Gasteiger partial charge in [-0.15, -0.1) is 0 Å². The number of allylic oxidation sites excluding steroid dienone is 1. The number of carbonyl (C=O) groups excluding carboxylic acids is 1. The summed E-state index contributed by atoms with van der Waals surface area (Å²) in [6, 6.07) is 3.03. The van der Waals surface area contributed by atoms with Crippen LogP contribution in [0.15, 0.2) is 24.3 Å². The van der Waals surface area contributed by atoms with Crippen molar-refractivity contribution >= 4 is 5.97 Å². The first kappa shape index (κ1) is 20.2. The van der Waals surface area contributed by atoms with Gasteiger partial charge in [0.1, 0.15) is 23.2 Å². The summed E-state index contributed by atoms with van der Waals surface area (Å²) >= 11 is 0. The third kappa shape index (κ3) is 4.28. The van der Waals surface area contributed by atoms with Crippen molar-refractivity contribution in [2.24, 2.45) is 0 Å². The average molecular weight is 402 g/mol. The third-order valence-corrected chi connectivity index (χ3v) is 6.11. The minimum atomic E-state index is -0.391. The van der Waals surface area contributed by atoms with Gasteiger partial charge in [-0.25, -0.2) is 4.79 Å². The zero-order valence-electron chi connectivity index (χ0n) is 17.2.